The molecule has 0 fully saturated rings. The molecular weight excluding hydrogens is 495 g/mol. The molecule has 5 nitrogen and oxygen atoms in total. The van der Waals surface area contributed by atoms with Crippen LogP contribution in [-0.2, 0) is 14.9 Å². The van der Waals surface area contributed by atoms with Crippen molar-refractivity contribution in [1.82, 2.24) is 0 Å². The van der Waals surface area contributed by atoms with Gasteiger partial charge in [0.05, 0.1) is 6.61 Å². The summed E-state index contributed by atoms with van der Waals surface area (Å²) in [7, 11) is 3.24. The van der Waals surface area contributed by atoms with Gasteiger partial charge in [0.2, 0.25) is 0 Å². The Hall–Kier alpha value is -1.51. The highest BCUT2D eigenvalue weighted by Gasteiger charge is 2.42. The highest BCUT2D eigenvalue weighted by atomic mass is 127. The highest BCUT2D eigenvalue weighted by molar-refractivity contribution is 14.1. The fourth-order valence-electron chi connectivity index (χ4n) is 4.08. The van der Waals surface area contributed by atoms with Gasteiger partial charge in [0.25, 0.3) is 0 Å². The molecule has 30 heavy (non-hydrogen) atoms. The van der Waals surface area contributed by atoms with Crippen molar-refractivity contribution in [1.29, 1.82) is 0 Å². The molecule has 0 spiro atoms. The lowest BCUT2D eigenvalue weighted by Gasteiger charge is -2.43. The van der Waals surface area contributed by atoms with Crippen molar-refractivity contribution in [3.8, 4) is 17.2 Å². The Labute approximate surface area is 193 Å². The summed E-state index contributed by atoms with van der Waals surface area (Å²) in [6.45, 7) is 3.42. The van der Waals surface area contributed by atoms with E-state index in [0.717, 1.165) is 23.7 Å². The highest BCUT2D eigenvalue weighted by Crippen LogP contribution is 2.49. The lowest BCUT2D eigenvalue weighted by molar-refractivity contribution is 0.0505. The van der Waals surface area contributed by atoms with E-state index in [-0.39, 0.29) is 19.0 Å². The standard InChI is InChI=1S/C24H31IO5/c1-24(18-7-9-19(10-8-18)29-16-26-2)15-28-23-14-20(30-17-27-3)11-12-21(23)22(24)6-4-5-13-25/h7-12,14,22H,4-6,13,15-17H2,1-3H3/t22-,24-/m1/s1. The quantitative estimate of drug-likeness (QED) is 0.163. The molecule has 0 unspecified atom stereocenters. The lowest BCUT2D eigenvalue weighted by atomic mass is 9.66. The van der Waals surface area contributed by atoms with Gasteiger partial charge < -0.3 is 23.7 Å². The van der Waals surface area contributed by atoms with Crippen LogP contribution in [0.4, 0.5) is 0 Å². The van der Waals surface area contributed by atoms with E-state index >= 15 is 0 Å². The van der Waals surface area contributed by atoms with Gasteiger partial charge in [0.15, 0.2) is 13.6 Å². The molecule has 3 rings (SSSR count). The van der Waals surface area contributed by atoms with Gasteiger partial charge in [-0.2, -0.15) is 0 Å². The van der Waals surface area contributed by atoms with E-state index in [1.807, 2.05) is 24.3 Å². The molecule has 0 saturated heterocycles. The number of alkyl halides is 1. The van der Waals surface area contributed by atoms with Crippen LogP contribution in [0.25, 0.3) is 0 Å². The number of ether oxygens (including phenoxy) is 5. The van der Waals surface area contributed by atoms with Crippen molar-refractivity contribution in [2.45, 2.75) is 37.5 Å². The largest absolute Gasteiger partial charge is 0.492 e. The summed E-state index contributed by atoms with van der Waals surface area (Å²) < 4.78 is 28.6. The minimum atomic E-state index is -0.118. The molecule has 164 valence electrons. The number of hydrogen-bond acceptors (Lipinski definition) is 5. The number of methoxy groups -OCH3 is 2. The van der Waals surface area contributed by atoms with Gasteiger partial charge in [-0.3, -0.25) is 0 Å². The third-order valence-corrected chi connectivity index (χ3v) is 6.50. The van der Waals surface area contributed by atoms with Crippen LogP contribution < -0.4 is 14.2 Å². The molecule has 6 heteroatoms. The number of hydrogen-bond donors (Lipinski definition) is 0. The van der Waals surface area contributed by atoms with Crippen molar-refractivity contribution < 1.29 is 23.7 Å². The predicted molar refractivity (Wildman–Crippen MR) is 126 cm³/mol. The maximum atomic E-state index is 6.27. The predicted octanol–water partition coefficient (Wildman–Crippen LogP) is 5.69. The monoisotopic (exact) mass is 526 g/mol. The molecule has 1 aliphatic rings. The van der Waals surface area contributed by atoms with Gasteiger partial charge in [-0.1, -0.05) is 54.1 Å². The summed E-state index contributed by atoms with van der Waals surface area (Å²) in [5, 5.41) is 0. The Morgan fingerprint density at radius 2 is 1.63 bits per heavy atom. The molecule has 0 radical (unpaired) electrons. The molecular formula is C24H31IO5. The van der Waals surface area contributed by atoms with Crippen molar-refractivity contribution >= 4 is 22.6 Å². The topological polar surface area (TPSA) is 46.2 Å². The molecule has 0 aromatic heterocycles. The average molecular weight is 526 g/mol. The minimum absolute atomic E-state index is 0.118. The van der Waals surface area contributed by atoms with Gasteiger partial charge in [0.1, 0.15) is 17.2 Å². The molecule has 0 saturated carbocycles. The summed E-state index contributed by atoms with van der Waals surface area (Å²) in [6.07, 6.45) is 3.54. The van der Waals surface area contributed by atoms with Crippen molar-refractivity contribution in [3.63, 3.8) is 0 Å². The van der Waals surface area contributed by atoms with Crippen LogP contribution in [-0.4, -0.2) is 38.8 Å². The summed E-state index contributed by atoms with van der Waals surface area (Å²) in [6, 6.07) is 14.5. The van der Waals surface area contributed by atoms with E-state index in [1.165, 1.54) is 28.4 Å². The van der Waals surface area contributed by atoms with Crippen LogP contribution in [0, 0.1) is 0 Å². The first-order valence-corrected chi connectivity index (χ1v) is 11.8. The Kier molecular flexibility index (Phi) is 8.65. The Morgan fingerprint density at radius 1 is 0.967 bits per heavy atom. The fourth-order valence-corrected chi connectivity index (χ4v) is 4.62. The van der Waals surface area contributed by atoms with E-state index in [4.69, 9.17) is 23.7 Å². The first kappa shape index (κ1) is 23.2. The van der Waals surface area contributed by atoms with Gasteiger partial charge in [-0.25, -0.2) is 0 Å². The van der Waals surface area contributed by atoms with E-state index in [0.29, 0.717) is 12.5 Å². The van der Waals surface area contributed by atoms with Gasteiger partial charge in [-0.05, 0) is 46.6 Å². The molecule has 0 amide bonds. The van der Waals surface area contributed by atoms with E-state index in [2.05, 4.69) is 47.7 Å². The smallest absolute Gasteiger partial charge is 0.188 e. The molecule has 0 aliphatic carbocycles. The number of unbranched alkanes of at least 4 members (excludes halogenated alkanes) is 1. The molecule has 0 N–H and O–H groups in total. The van der Waals surface area contributed by atoms with Crippen LogP contribution in [0.1, 0.15) is 43.2 Å². The molecule has 1 heterocycles. The maximum Gasteiger partial charge on any atom is 0.188 e. The Balaban J connectivity index is 1.89. The third-order valence-electron chi connectivity index (χ3n) is 5.73. The van der Waals surface area contributed by atoms with Gasteiger partial charge >= 0.3 is 0 Å². The van der Waals surface area contributed by atoms with Crippen LogP contribution in [0.3, 0.4) is 0 Å². The van der Waals surface area contributed by atoms with E-state index in [1.54, 1.807) is 14.2 Å². The number of fused-ring (bicyclic) bond motifs is 1. The summed E-state index contributed by atoms with van der Waals surface area (Å²) in [5.74, 6) is 2.86. The van der Waals surface area contributed by atoms with Crippen molar-refractivity contribution in [3.05, 3.63) is 53.6 Å². The van der Waals surface area contributed by atoms with E-state index < -0.39 is 0 Å². The zero-order chi connectivity index (χ0) is 21.4. The molecule has 2 aromatic rings. The zero-order valence-corrected chi connectivity index (χ0v) is 20.1. The first-order chi connectivity index (χ1) is 14.6. The Bertz CT molecular complexity index is 795. The third kappa shape index (κ3) is 5.39. The summed E-state index contributed by atoms with van der Waals surface area (Å²) >= 11 is 2.46. The van der Waals surface area contributed by atoms with Crippen molar-refractivity contribution in [2.24, 2.45) is 0 Å². The first-order valence-electron chi connectivity index (χ1n) is 10.3. The summed E-state index contributed by atoms with van der Waals surface area (Å²) in [4.78, 5) is 0. The van der Waals surface area contributed by atoms with Gasteiger partial charge in [0, 0.05) is 31.6 Å². The maximum absolute atomic E-state index is 6.27. The molecule has 1 aliphatic heterocycles. The summed E-state index contributed by atoms with van der Waals surface area (Å²) in [5.41, 5.74) is 2.39. The minimum Gasteiger partial charge on any atom is -0.492 e. The SMILES string of the molecule is COCOc1ccc([C@@]2(C)COc3cc(OCOC)ccc3[C@H]2CCCCI)cc1. The Morgan fingerprint density at radius 3 is 2.30 bits per heavy atom. The second-order valence-electron chi connectivity index (χ2n) is 7.77. The second kappa shape index (κ2) is 11.2. The van der Waals surface area contributed by atoms with Crippen LogP contribution in [0.2, 0.25) is 0 Å². The van der Waals surface area contributed by atoms with Crippen LogP contribution in [0.5, 0.6) is 17.2 Å². The lowest BCUT2D eigenvalue weighted by Crippen LogP contribution is -2.40. The van der Waals surface area contributed by atoms with Crippen LogP contribution >= 0.6 is 22.6 Å². The van der Waals surface area contributed by atoms with Crippen molar-refractivity contribution in [2.75, 3.05) is 38.8 Å². The fraction of sp³-hybridized carbons (Fsp3) is 0.500. The molecule has 2 atom stereocenters. The molecule has 2 aromatic carbocycles. The van der Waals surface area contributed by atoms with E-state index in [9.17, 15) is 0 Å². The average Bonchev–Trinajstić information content (AvgIpc) is 2.78. The zero-order valence-electron chi connectivity index (χ0n) is 18.0. The second-order valence-corrected chi connectivity index (χ2v) is 8.85. The normalized spacial score (nSPS) is 20.3. The van der Waals surface area contributed by atoms with Crippen LogP contribution in [0.15, 0.2) is 42.5 Å². The number of rotatable bonds is 11. The number of benzene rings is 2. The molecule has 0 bridgehead atoms. The number of halogens is 1. The van der Waals surface area contributed by atoms with Gasteiger partial charge in [-0.15, -0.1) is 0 Å².